The summed E-state index contributed by atoms with van der Waals surface area (Å²) in [7, 11) is -4.82. The lowest BCUT2D eigenvalue weighted by atomic mass is 10.0. The quantitative estimate of drug-likeness (QED) is 0.163. The Morgan fingerprint density at radius 2 is 1.81 bits per heavy atom. The standard InChI is InChI=1S/C15H21NO9S2/c17-8-10-12(18)13(19)14(20)15(24-10)26-11(16-25-27(21,22)23)7-6-9-4-2-1-3-5-9/h1-5,10,12-15,17-20H,6-8H2,(H,21,22,23)/t10-,12-,13-,14+,15-/m1/s1. The van der Waals surface area contributed by atoms with Gasteiger partial charge in [-0.15, -0.1) is 0 Å². The molecule has 152 valence electrons. The van der Waals surface area contributed by atoms with Gasteiger partial charge in [-0.05, 0) is 12.0 Å². The van der Waals surface area contributed by atoms with Crippen LogP contribution in [0.4, 0.5) is 0 Å². The molecule has 0 aromatic heterocycles. The lowest BCUT2D eigenvalue weighted by Crippen LogP contribution is -2.57. The van der Waals surface area contributed by atoms with Crippen LogP contribution in [0.5, 0.6) is 0 Å². The topological polar surface area (TPSA) is 166 Å². The molecule has 10 nitrogen and oxygen atoms in total. The van der Waals surface area contributed by atoms with Crippen molar-refractivity contribution in [2.24, 2.45) is 5.16 Å². The molecule has 1 aromatic rings. The van der Waals surface area contributed by atoms with E-state index in [1.165, 1.54) is 0 Å². The van der Waals surface area contributed by atoms with E-state index in [2.05, 4.69) is 9.44 Å². The monoisotopic (exact) mass is 423 g/mol. The summed E-state index contributed by atoms with van der Waals surface area (Å²) in [4.78, 5) is 0. The molecule has 2 rings (SSSR count). The molecule has 5 atom stereocenters. The molecule has 0 radical (unpaired) electrons. The van der Waals surface area contributed by atoms with Crippen LogP contribution in [0.3, 0.4) is 0 Å². The van der Waals surface area contributed by atoms with E-state index in [0.717, 1.165) is 17.3 Å². The minimum Gasteiger partial charge on any atom is -0.394 e. The van der Waals surface area contributed by atoms with Crippen molar-refractivity contribution in [2.75, 3.05) is 6.61 Å². The molecule has 1 aromatic carbocycles. The number of nitrogens with zero attached hydrogens (tertiary/aromatic N) is 1. The van der Waals surface area contributed by atoms with Crippen molar-refractivity contribution in [1.29, 1.82) is 0 Å². The molecule has 0 unspecified atom stereocenters. The number of aliphatic hydroxyl groups excluding tert-OH is 4. The number of aryl methyl sites for hydroxylation is 1. The highest BCUT2D eigenvalue weighted by Crippen LogP contribution is 2.30. The number of hydrogen-bond donors (Lipinski definition) is 5. The number of oxime groups is 1. The Morgan fingerprint density at radius 1 is 1.15 bits per heavy atom. The zero-order valence-corrected chi connectivity index (χ0v) is 15.7. The first-order valence-electron chi connectivity index (χ1n) is 7.95. The van der Waals surface area contributed by atoms with Crippen LogP contribution < -0.4 is 0 Å². The van der Waals surface area contributed by atoms with E-state index in [1.54, 1.807) is 0 Å². The van der Waals surface area contributed by atoms with Crippen molar-refractivity contribution in [3.8, 4) is 0 Å². The summed E-state index contributed by atoms with van der Waals surface area (Å²) in [6.07, 6.45) is -5.11. The molecule has 0 saturated carbocycles. The second-order valence-electron chi connectivity index (χ2n) is 5.79. The normalized spacial score (nSPS) is 29.5. The molecule has 0 spiro atoms. The second-order valence-corrected chi connectivity index (χ2v) is 7.96. The third-order valence-electron chi connectivity index (χ3n) is 3.80. The van der Waals surface area contributed by atoms with Crippen molar-refractivity contribution in [3.05, 3.63) is 35.9 Å². The van der Waals surface area contributed by atoms with Crippen LogP contribution >= 0.6 is 11.8 Å². The summed E-state index contributed by atoms with van der Waals surface area (Å²) in [5, 5.41) is 42.4. The largest absolute Gasteiger partial charge is 0.466 e. The average molecular weight is 423 g/mol. The summed E-state index contributed by atoms with van der Waals surface area (Å²) in [6.45, 7) is -0.597. The molecular formula is C15H21NO9S2. The molecule has 0 amide bonds. The van der Waals surface area contributed by atoms with Gasteiger partial charge in [-0.3, -0.25) is 4.55 Å². The smallest absolute Gasteiger partial charge is 0.394 e. The van der Waals surface area contributed by atoms with E-state index in [-0.39, 0.29) is 11.5 Å². The number of benzene rings is 1. The van der Waals surface area contributed by atoms with Crippen LogP contribution in [0, 0.1) is 0 Å². The first-order valence-corrected chi connectivity index (χ1v) is 10.2. The summed E-state index contributed by atoms with van der Waals surface area (Å²) in [5.74, 6) is 0. The van der Waals surface area contributed by atoms with Gasteiger partial charge in [-0.1, -0.05) is 47.2 Å². The molecule has 5 N–H and O–H groups in total. The maximum absolute atomic E-state index is 10.8. The molecule has 0 aliphatic carbocycles. The van der Waals surface area contributed by atoms with Crippen molar-refractivity contribution < 1.29 is 42.4 Å². The van der Waals surface area contributed by atoms with Crippen LogP contribution in [-0.4, -0.2) is 74.9 Å². The third-order valence-corrected chi connectivity index (χ3v) is 5.24. The van der Waals surface area contributed by atoms with Crippen molar-refractivity contribution in [3.63, 3.8) is 0 Å². The fourth-order valence-electron chi connectivity index (χ4n) is 2.41. The third kappa shape index (κ3) is 6.69. The fourth-order valence-corrected chi connectivity index (χ4v) is 3.71. The SMILES string of the molecule is O=S(=O)(O)ON=C(CCc1ccccc1)S[C@H]1O[C@H](CO)[C@@H](O)[C@@H](O)[C@@H]1O. The highest BCUT2D eigenvalue weighted by Gasteiger charge is 2.44. The van der Waals surface area contributed by atoms with E-state index >= 15 is 0 Å². The van der Waals surface area contributed by atoms with Crippen LogP contribution in [0.15, 0.2) is 35.5 Å². The molecule has 1 aliphatic heterocycles. The van der Waals surface area contributed by atoms with E-state index in [4.69, 9.17) is 9.29 Å². The Kier molecular flexibility index (Phi) is 8.00. The van der Waals surface area contributed by atoms with Gasteiger partial charge < -0.3 is 25.2 Å². The number of ether oxygens (including phenoxy) is 1. The Morgan fingerprint density at radius 3 is 2.41 bits per heavy atom. The Hall–Kier alpha value is -1.25. The average Bonchev–Trinajstić information content (AvgIpc) is 2.64. The van der Waals surface area contributed by atoms with E-state index < -0.39 is 46.9 Å². The molecule has 0 bridgehead atoms. The van der Waals surface area contributed by atoms with Gasteiger partial charge in [0.2, 0.25) is 0 Å². The van der Waals surface area contributed by atoms with Crippen molar-refractivity contribution in [1.82, 2.24) is 0 Å². The van der Waals surface area contributed by atoms with Gasteiger partial charge in [0.1, 0.15) is 34.9 Å². The summed E-state index contributed by atoms with van der Waals surface area (Å²) < 4.78 is 39.7. The van der Waals surface area contributed by atoms with Crippen molar-refractivity contribution >= 4 is 27.2 Å². The number of hydrogen-bond acceptors (Lipinski definition) is 10. The van der Waals surface area contributed by atoms with Gasteiger partial charge in [-0.2, -0.15) is 8.42 Å². The fraction of sp³-hybridized carbons (Fsp3) is 0.533. The van der Waals surface area contributed by atoms with Crippen LogP contribution in [-0.2, 0) is 25.8 Å². The van der Waals surface area contributed by atoms with Crippen LogP contribution in [0.2, 0.25) is 0 Å². The molecule has 1 heterocycles. The van der Waals surface area contributed by atoms with Gasteiger partial charge in [0.15, 0.2) is 0 Å². The van der Waals surface area contributed by atoms with Crippen molar-refractivity contribution in [2.45, 2.75) is 42.7 Å². The Bertz CT molecular complexity index is 726. The molecule has 1 saturated heterocycles. The lowest BCUT2D eigenvalue weighted by Gasteiger charge is -2.39. The van der Waals surface area contributed by atoms with Crippen LogP contribution in [0.1, 0.15) is 12.0 Å². The number of aliphatic hydroxyl groups is 4. The summed E-state index contributed by atoms with van der Waals surface area (Å²) in [5.41, 5.74) is -0.230. The highest BCUT2D eigenvalue weighted by atomic mass is 32.3. The van der Waals surface area contributed by atoms with E-state index in [0.29, 0.717) is 6.42 Å². The predicted molar refractivity (Wildman–Crippen MR) is 96.2 cm³/mol. The van der Waals surface area contributed by atoms with Gasteiger partial charge in [0.05, 0.1) is 6.61 Å². The molecule has 12 heteroatoms. The molecule has 1 aliphatic rings. The molecule has 27 heavy (non-hydrogen) atoms. The lowest BCUT2D eigenvalue weighted by molar-refractivity contribution is -0.205. The maximum Gasteiger partial charge on any atom is 0.466 e. The summed E-state index contributed by atoms with van der Waals surface area (Å²) >= 11 is 0.754. The molecule has 1 fully saturated rings. The number of thioether (sulfide) groups is 1. The van der Waals surface area contributed by atoms with Gasteiger partial charge in [0.25, 0.3) is 0 Å². The zero-order chi connectivity index (χ0) is 20.0. The predicted octanol–water partition coefficient (Wildman–Crippen LogP) is -0.715. The summed E-state index contributed by atoms with van der Waals surface area (Å²) in [6, 6.07) is 9.18. The Labute approximate surface area is 160 Å². The minimum absolute atomic E-state index is 0.0563. The first-order chi connectivity index (χ1) is 12.7. The van der Waals surface area contributed by atoms with Gasteiger partial charge in [0, 0.05) is 6.42 Å². The highest BCUT2D eigenvalue weighted by molar-refractivity contribution is 8.14. The number of rotatable bonds is 7. The molecular weight excluding hydrogens is 402 g/mol. The van der Waals surface area contributed by atoms with Crippen LogP contribution in [0.25, 0.3) is 0 Å². The van der Waals surface area contributed by atoms with E-state index in [1.807, 2.05) is 30.3 Å². The van der Waals surface area contributed by atoms with E-state index in [9.17, 15) is 28.8 Å². The first kappa shape index (κ1) is 22.0. The Balaban J connectivity index is 2.12. The van der Waals surface area contributed by atoms with Gasteiger partial charge >= 0.3 is 10.4 Å². The second kappa shape index (κ2) is 9.80. The minimum atomic E-state index is -4.82. The zero-order valence-electron chi connectivity index (χ0n) is 14.0. The maximum atomic E-state index is 10.8. The van der Waals surface area contributed by atoms with Gasteiger partial charge in [-0.25, -0.2) is 4.28 Å².